The highest BCUT2D eigenvalue weighted by Crippen LogP contribution is 2.25. The van der Waals surface area contributed by atoms with Gasteiger partial charge >= 0.3 is 5.97 Å². The van der Waals surface area contributed by atoms with Crippen molar-refractivity contribution in [2.24, 2.45) is 0 Å². The molecule has 0 fully saturated rings. The van der Waals surface area contributed by atoms with Crippen LogP contribution in [0.3, 0.4) is 0 Å². The predicted octanol–water partition coefficient (Wildman–Crippen LogP) is 5.51. The van der Waals surface area contributed by atoms with Crippen LogP contribution in [0.25, 0.3) is 0 Å². The van der Waals surface area contributed by atoms with Crippen molar-refractivity contribution in [3.8, 4) is 11.5 Å². The van der Waals surface area contributed by atoms with Gasteiger partial charge in [-0.05, 0) is 54.1 Å². The molecule has 0 radical (unpaired) electrons. The molecular weight excluding hydrogens is 414 g/mol. The van der Waals surface area contributed by atoms with Crippen LogP contribution in [0.4, 0.5) is 5.69 Å². The van der Waals surface area contributed by atoms with E-state index in [2.05, 4.69) is 15.9 Å². The van der Waals surface area contributed by atoms with E-state index in [0.29, 0.717) is 17.1 Å². The molecule has 0 amide bonds. The van der Waals surface area contributed by atoms with Crippen molar-refractivity contribution in [3.63, 3.8) is 0 Å². The van der Waals surface area contributed by atoms with Gasteiger partial charge in [0, 0.05) is 16.6 Å². The number of nitrogens with zero attached hydrogens (tertiary/aromatic N) is 1. The van der Waals surface area contributed by atoms with Crippen molar-refractivity contribution in [2.45, 2.75) is 6.61 Å². The van der Waals surface area contributed by atoms with Crippen molar-refractivity contribution in [1.29, 1.82) is 0 Å². The molecule has 3 rings (SSSR count). The van der Waals surface area contributed by atoms with E-state index in [1.54, 1.807) is 42.5 Å². The Morgan fingerprint density at radius 1 is 0.963 bits per heavy atom. The fourth-order valence-electron chi connectivity index (χ4n) is 2.29. The average Bonchev–Trinajstić information content (AvgIpc) is 2.67. The molecule has 0 atom stereocenters. The van der Waals surface area contributed by atoms with Gasteiger partial charge in [-0.2, -0.15) is 0 Å². The lowest BCUT2D eigenvalue weighted by Crippen LogP contribution is -2.05. The van der Waals surface area contributed by atoms with Crippen molar-refractivity contribution < 1.29 is 19.2 Å². The van der Waals surface area contributed by atoms with Gasteiger partial charge in [0.05, 0.1) is 10.5 Å². The molecule has 136 valence electrons. The van der Waals surface area contributed by atoms with Gasteiger partial charge in [0.2, 0.25) is 0 Å². The first-order valence-electron chi connectivity index (χ1n) is 7.95. The van der Waals surface area contributed by atoms with E-state index in [1.165, 1.54) is 24.3 Å². The zero-order valence-electron chi connectivity index (χ0n) is 14.0. The highest BCUT2D eigenvalue weighted by Gasteiger charge is 2.08. The molecular formula is C20H14BrNO5. The van der Waals surface area contributed by atoms with E-state index in [4.69, 9.17) is 9.47 Å². The van der Waals surface area contributed by atoms with Gasteiger partial charge in [-0.3, -0.25) is 10.1 Å². The number of carbonyl (C=O) groups excluding carboxylic acids is 1. The molecule has 0 saturated carbocycles. The molecule has 0 bridgehead atoms. The van der Waals surface area contributed by atoms with Crippen LogP contribution in [0, 0.1) is 10.1 Å². The maximum atomic E-state index is 12.1. The van der Waals surface area contributed by atoms with Crippen molar-refractivity contribution in [1.82, 2.24) is 0 Å². The van der Waals surface area contributed by atoms with Crippen LogP contribution in [-0.4, -0.2) is 10.9 Å². The second-order valence-electron chi connectivity index (χ2n) is 5.58. The molecule has 27 heavy (non-hydrogen) atoms. The Balaban J connectivity index is 1.62. The summed E-state index contributed by atoms with van der Waals surface area (Å²) in [6.45, 7) is 0.104. The third-order valence-electron chi connectivity index (χ3n) is 3.63. The van der Waals surface area contributed by atoms with E-state index in [-0.39, 0.29) is 12.3 Å². The minimum Gasteiger partial charge on any atom is -0.457 e. The Bertz CT molecular complexity index is 955. The lowest BCUT2D eigenvalue weighted by molar-refractivity contribution is -0.384. The Morgan fingerprint density at radius 3 is 2.33 bits per heavy atom. The quantitative estimate of drug-likeness (QED) is 0.294. The second-order valence-corrected chi connectivity index (χ2v) is 6.50. The molecule has 0 aliphatic heterocycles. The highest BCUT2D eigenvalue weighted by molar-refractivity contribution is 9.10. The maximum absolute atomic E-state index is 12.1. The topological polar surface area (TPSA) is 78.7 Å². The number of nitro groups is 1. The molecule has 3 aromatic rings. The van der Waals surface area contributed by atoms with Crippen LogP contribution in [0.15, 0.2) is 77.3 Å². The van der Waals surface area contributed by atoms with Gasteiger partial charge in [0.15, 0.2) is 0 Å². The summed E-state index contributed by atoms with van der Waals surface area (Å²) in [6.07, 6.45) is 0. The number of hydrogen-bond donors (Lipinski definition) is 0. The van der Waals surface area contributed by atoms with Crippen LogP contribution in [-0.2, 0) is 11.3 Å². The molecule has 0 spiro atoms. The average molecular weight is 428 g/mol. The predicted molar refractivity (Wildman–Crippen MR) is 103 cm³/mol. The molecule has 0 aliphatic carbocycles. The Morgan fingerprint density at radius 2 is 1.67 bits per heavy atom. The zero-order valence-corrected chi connectivity index (χ0v) is 15.6. The smallest absolute Gasteiger partial charge is 0.338 e. The van der Waals surface area contributed by atoms with Gasteiger partial charge in [-0.25, -0.2) is 4.79 Å². The first-order chi connectivity index (χ1) is 13.0. The SMILES string of the molecule is O=C(OCc1cccc(Oc2ccc([N+](=O)[O-])cc2)c1)c1ccc(Br)cc1. The number of carbonyl (C=O) groups is 1. The largest absolute Gasteiger partial charge is 0.457 e. The van der Waals surface area contributed by atoms with E-state index < -0.39 is 10.9 Å². The third kappa shape index (κ3) is 5.15. The Hall–Kier alpha value is -3.19. The molecule has 0 heterocycles. The maximum Gasteiger partial charge on any atom is 0.338 e. The summed E-state index contributed by atoms with van der Waals surface area (Å²) in [4.78, 5) is 22.3. The van der Waals surface area contributed by atoms with Crippen molar-refractivity contribution >= 4 is 27.6 Å². The van der Waals surface area contributed by atoms with E-state index in [9.17, 15) is 14.9 Å². The van der Waals surface area contributed by atoms with Crippen LogP contribution in [0.2, 0.25) is 0 Å². The molecule has 0 N–H and O–H groups in total. The Labute approximate surface area is 163 Å². The van der Waals surface area contributed by atoms with Gasteiger partial charge in [0.1, 0.15) is 18.1 Å². The number of esters is 1. The lowest BCUT2D eigenvalue weighted by atomic mass is 10.2. The number of ether oxygens (including phenoxy) is 2. The highest BCUT2D eigenvalue weighted by atomic mass is 79.9. The zero-order chi connectivity index (χ0) is 19.2. The van der Waals surface area contributed by atoms with E-state index in [1.807, 2.05) is 6.07 Å². The normalized spacial score (nSPS) is 10.3. The molecule has 0 aromatic heterocycles. The van der Waals surface area contributed by atoms with Crippen LogP contribution in [0.1, 0.15) is 15.9 Å². The fourth-order valence-corrected chi connectivity index (χ4v) is 2.55. The summed E-state index contributed by atoms with van der Waals surface area (Å²) in [6, 6.07) is 19.8. The number of benzene rings is 3. The summed E-state index contributed by atoms with van der Waals surface area (Å²) >= 11 is 3.32. The van der Waals surface area contributed by atoms with Crippen LogP contribution < -0.4 is 4.74 Å². The van der Waals surface area contributed by atoms with Gasteiger partial charge in [0.25, 0.3) is 5.69 Å². The number of hydrogen-bond acceptors (Lipinski definition) is 5. The fraction of sp³-hybridized carbons (Fsp3) is 0.0500. The van der Waals surface area contributed by atoms with Gasteiger partial charge in [-0.15, -0.1) is 0 Å². The second kappa shape index (κ2) is 8.46. The van der Waals surface area contributed by atoms with Gasteiger partial charge < -0.3 is 9.47 Å². The molecule has 6 nitrogen and oxygen atoms in total. The minimum absolute atomic E-state index is 0.00375. The molecule has 7 heteroatoms. The van der Waals surface area contributed by atoms with E-state index in [0.717, 1.165) is 10.0 Å². The summed E-state index contributed by atoms with van der Waals surface area (Å²) in [5.74, 6) is 0.606. The first kappa shape index (κ1) is 18.6. The lowest BCUT2D eigenvalue weighted by Gasteiger charge is -2.09. The monoisotopic (exact) mass is 427 g/mol. The number of non-ortho nitro benzene ring substituents is 1. The van der Waals surface area contributed by atoms with Crippen LogP contribution in [0.5, 0.6) is 11.5 Å². The summed E-state index contributed by atoms with van der Waals surface area (Å²) in [5, 5.41) is 10.7. The van der Waals surface area contributed by atoms with Crippen LogP contribution >= 0.6 is 15.9 Å². The summed E-state index contributed by atoms with van der Waals surface area (Å²) in [7, 11) is 0. The van der Waals surface area contributed by atoms with Gasteiger partial charge in [-0.1, -0.05) is 28.1 Å². The Kier molecular flexibility index (Phi) is 5.83. The number of halogens is 1. The summed E-state index contributed by atoms with van der Waals surface area (Å²) in [5.41, 5.74) is 1.23. The molecule has 0 aliphatic rings. The molecule has 0 saturated heterocycles. The molecule has 3 aromatic carbocycles. The number of nitro benzene ring substituents is 1. The number of rotatable bonds is 6. The van der Waals surface area contributed by atoms with Crippen molar-refractivity contribution in [3.05, 3.63) is 98.5 Å². The first-order valence-corrected chi connectivity index (χ1v) is 8.74. The standard InChI is InChI=1S/C20H14BrNO5/c21-16-6-4-15(5-7-16)20(23)26-13-14-2-1-3-19(12-14)27-18-10-8-17(9-11-18)22(24)25/h1-12H,13H2. The minimum atomic E-state index is -0.468. The molecule has 0 unspecified atom stereocenters. The van der Waals surface area contributed by atoms with E-state index >= 15 is 0 Å². The third-order valence-corrected chi connectivity index (χ3v) is 4.16. The summed E-state index contributed by atoms with van der Waals surface area (Å²) < 4.78 is 11.9. The van der Waals surface area contributed by atoms with Crippen molar-refractivity contribution in [2.75, 3.05) is 0 Å².